The first-order valence-electron chi connectivity index (χ1n) is 10.00. The number of urea groups is 1. The molecule has 31 heavy (non-hydrogen) atoms. The molecule has 1 saturated heterocycles. The minimum Gasteiger partial charge on any atom is -0.439 e. The Hall–Kier alpha value is -3.68. The topological polar surface area (TPSA) is 57.7 Å². The molecule has 0 radical (unpaired) electrons. The maximum atomic E-state index is 14.0. The quantitative estimate of drug-likeness (QED) is 0.668. The summed E-state index contributed by atoms with van der Waals surface area (Å²) in [6.45, 7) is 2.29. The van der Waals surface area contributed by atoms with Crippen LogP contribution >= 0.6 is 0 Å². The number of piperazine rings is 1. The molecule has 4 rings (SSSR count). The van der Waals surface area contributed by atoms with Crippen LogP contribution < -0.4 is 15.0 Å². The standard InChI is InChI=1S/C23H22F2N4O2/c24-18-6-3-7-19(15-18)31-22-17(5-4-10-26-22)16-27-23(30)29-13-11-28(12-14-29)21-9-2-1-8-20(21)25/h1-10,15H,11-14,16H2,(H,27,30). The first kappa shape index (κ1) is 20.6. The summed E-state index contributed by atoms with van der Waals surface area (Å²) < 4.78 is 33.1. The van der Waals surface area contributed by atoms with Crippen LogP contribution in [0.4, 0.5) is 19.3 Å². The Labute approximate surface area is 179 Å². The number of halogens is 2. The number of aromatic nitrogens is 1. The molecule has 0 bridgehead atoms. The van der Waals surface area contributed by atoms with E-state index in [2.05, 4.69) is 10.3 Å². The van der Waals surface area contributed by atoms with Crippen molar-refractivity contribution in [3.63, 3.8) is 0 Å². The highest BCUT2D eigenvalue weighted by Gasteiger charge is 2.22. The number of para-hydroxylation sites is 1. The van der Waals surface area contributed by atoms with E-state index in [0.717, 1.165) is 0 Å². The van der Waals surface area contributed by atoms with Crippen LogP contribution in [0, 0.1) is 11.6 Å². The Morgan fingerprint density at radius 2 is 1.81 bits per heavy atom. The summed E-state index contributed by atoms with van der Waals surface area (Å²) in [5.41, 5.74) is 1.22. The van der Waals surface area contributed by atoms with Gasteiger partial charge in [0.05, 0.1) is 5.69 Å². The second kappa shape index (κ2) is 9.42. The van der Waals surface area contributed by atoms with Crippen molar-refractivity contribution in [2.45, 2.75) is 6.54 Å². The average molecular weight is 424 g/mol. The number of rotatable bonds is 5. The average Bonchev–Trinajstić information content (AvgIpc) is 2.79. The van der Waals surface area contributed by atoms with Gasteiger partial charge in [0, 0.05) is 50.6 Å². The van der Waals surface area contributed by atoms with Gasteiger partial charge in [0.2, 0.25) is 5.88 Å². The Morgan fingerprint density at radius 3 is 2.58 bits per heavy atom. The van der Waals surface area contributed by atoms with Gasteiger partial charge in [-0.05, 0) is 30.3 Å². The van der Waals surface area contributed by atoms with Crippen LogP contribution in [-0.4, -0.2) is 42.1 Å². The minimum absolute atomic E-state index is 0.213. The van der Waals surface area contributed by atoms with Crippen molar-refractivity contribution in [3.05, 3.63) is 84.1 Å². The lowest BCUT2D eigenvalue weighted by atomic mass is 10.2. The van der Waals surface area contributed by atoms with E-state index in [1.807, 2.05) is 4.90 Å². The van der Waals surface area contributed by atoms with E-state index < -0.39 is 5.82 Å². The van der Waals surface area contributed by atoms with Gasteiger partial charge in [-0.15, -0.1) is 0 Å². The van der Waals surface area contributed by atoms with Crippen molar-refractivity contribution in [2.24, 2.45) is 0 Å². The van der Waals surface area contributed by atoms with Crippen molar-refractivity contribution in [2.75, 3.05) is 31.1 Å². The maximum absolute atomic E-state index is 14.0. The molecule has 160 valence electrons. The third kappa shape index (κ3) is 5.09. The summed E-state index contributed by atoms with van der Waals surface area (Å²) >= 11 is 0. The lowest BCUT2D eigenvalue weighted by Crippen LogP contribution is -2.51. The minimum atomic E-state index is -0.405. The highest BCUT2D eigenvalue weighted by Crippen LogP contribution is 2.24. The number of carbonyl (C=O) groups excluding carboxylic acids is 1. The van der Waals surface area contributed by atoms with Crippen LogP contribution in [0.15, 0.2) is 66.9 Å². The molecule has 0 saturated carbocycles. The largest absolute Gasteiger partial charge is 0.439 e. The lowest BCUT2D eigenvalue weighted by Gasteiger charge is -2.36. The molecule has 8 heteroatoms. The zero-order valence-corrected chi connectivity index (χ0v) is 16.8. The van der Waals surface area contributed by atoms with Gasteiger partial charge >= 0.3 is 6.03 Å². The molecule has 0 aliphatic carbocycles. The van der Waals surface area contributed by atoms with Gasteiger partial charge in [-0.2, -0.15) is 0 Å². The number of amides is 2. The monoisotopic (exact) mass is 424 g/mol. The van der Waals surface area contributed by atoms with Crippen molar-refractivity contribution >= 4 is 11.7 Å². The van der Waals surface area contributed by atoms with Gasteiger partial charge in [-0.25, -0.2) is 18.6 Å². The number of hydrogen-bond donors (Lipinski definition) is 1. The maximum Gasteiger partial charge on any atom is 0.317 e. The second-order valence-electron chi connectivity index (χ2n) is 7.11. The predicted octanol–water partition coefficient (Wildman–Crippen LogP) is 4.18. The summed E-state index contributed by atoms with van der Waals surface area (Å²) in [7, 11) is 0. The first-order chi connectivity index (χ1) is 15.1. The number of nitrogens with one attached hydrogen (secondary N) is 1. The van der Waals surface area contributed by atoms with Gasteiger partial charge in [0.15, 0.2) is 0 Å². The number of nitrogens with zero attached hydrogens (tertiary/aromatic N) is 3. The third-order valence-corrected chi connectivity index (χ3v) is 5.05. The Bertz CT molecular complexity index is 1060. The number of pyridine rings is 1. The zero-order valence-electron chi connectivity index (χ0n) is 16.8. The van der Waals surface area contributed by atoms with Crippen molar-refractivity contribution < 1.29 is 18.3 Å². The fourth-order valence-corrected chi connectivity index (χ4v) is 3.43. The van der Waals surface area contributed by atoms with Gasteiger partial charge in [0.25, 0.3) is 0 Å². The van der Waals surface area contributed by atoms with Gasteiger partial charge in [-0.3, -0.25) is 0 Å². The highest BCUT2D eigenvalue weighted by molar-refractivity contribution is 5.74. The van der Waals surface area contributed by atoms with Crippen LogP contribution in [0.2, 0.25) is 0 Å². The molecular formula is C23H22F2N4O2. The Balaban J connectivity index is 1.33. The first-order valence-corrected chi connectivity index (χ1v) is 10.00. The third-order valence-electron chi connectivity index (χ3n) is 5.05. The molecule has 2 heterocycles. The fourth-order valence-electron chi connectivity index (χ4n) is 3.43. The molecule has 1 aromatic heterocycles. The van der Waals surface area contributed by atoms with E-state index >= 15 is 0 Å². The number of anilines is 1. The van der Waals surface area contributed by atoms with Crippen molar-refractivity contribution in [1.82, 2.24) is 15.2 Å². The number of benzene rings is 2. The van der Waals surface area contributed by atoms with E-state index in [1.54, 1.807) is 53.6 Å². The molecule has 0 unspecified atom stereocenters. The molecule has 0 spiro atoms. The molecule has 1 N–H and O–H groups in total. The van der Waals surface area contributed by atoms with Crippen LogP contribution in [-0.2, 0) is 6.54 Å². The number of ether oxygens (including phenoxy) is 1. The summed E-state index contributed by atoms with van der Waals surface area (Å²) in [4.78, 5) is 20.4. The molecule has 1 aliphatic rings. The number of hydrogen-bond acceptors (Lipinski definition) is 4. The molecule has 2 aromatic carbocycles. The van der Waals surface area contributed by atoms with E-state index in [9.17, 15) is 13.6 Å². The fraction of sp³-hybridized carbons (Fsp3) is 0.217. The van der Waals surface area contributed by atoms with E-state index in [4.69, 9.17) is 4.74 Å². The summed E-state index contributed by atoms with van der Waals surface area (Å²) in [6, 6.07) is 15.7. The van der Waals surface area contributed by atoms with Crippen LogP contribution in [0.3, 0.4) is 0 Å². The summed E-state index contributed by atoms with van der Waals surface area (Å²) in [5.74, 6) is -0.0334. The van der Waals surface area contributed by atoms with Gasteiger partial charge < -0.3 is 19.9 Å². The molecule has 6 nitrogen and oxygen atoms in total. The molecule has 1 fully saturated rings. The Kier molecular flexibility index (Phi) is 6.26. The van der Waals surface area contributed by atoms with E-state index in [-0.39, 0.29) is 18.4 Å². The summed E-state index contributed by atoms with van der Waals surface area (Å²) in [5, 5.41) is 2.87. The Morgan fingerprint density at radius 1 is 1.00 bits per heavy atom. The van der Waals surface area contributed by atoms with Gasteiger partial charge in [0.1, 0.15) is 17.4 Å². The second-order valence-corrected chi connectivity index (χ2v) is 7.11. The molecular weight excluding hydrogens is 402 g/mol. The van der Waals surface area contributed by atoms with Gasteiger partial charge in [-0.1, -0.05) is 24.3 Å². The highest BCUT2D eigenvalue weighted by atomic mass is 19.1. The van der Waals surface area contributed by atoms with Crippen molar-refractivity contribution in [3.8, 4) is 11.6 Å². The van der Waals surface area contributed by atoms with Crippen LogP contribution in [0.25, 0.3) is 0 Å². The lowest BCUT2D eigenvalue weighted by molar-refractivity contribution is 0.193. The van der Waals surface area contributed by atoms with E-state index in [0.29, 0.717) is 49.1 Å². The molecule has 0 atom stereocenters. The molecule has 2 amide bonds. The smallest absolute Gasteiger partial charge is 0.317 e. The summed E-state index contributed by atoms with van der Waals surface area (Å²) in [6.07, 6.45) is 1.57. The SMILES string of the molecule is O=C(NCc1cccnc1Oc1cccc(F)c1)N1CCN(c2ccccc2F)CC1. The van der Waals surface area contributed by atoms with E-state index in [1.165, 1.54) is 18.2 Å². The van der Waals surface area contributed by atoms with Crippen LogP contribution in [0.5, 0.6) is 11.6 Å². The van der Waals surface area contributed by atoms with Crippen LogP contribution in [0.1, 0.15) is 5.56 Å². The normalized spacial score (nSPS) is 13.7. The number of carbonyl (C=O) groups is 1. The van der Waals surface area contributed by atoms with Crippen molar-refractivity contribution in [1.29, 1.82) is 0 Å². The zero-order chi connectivity index (χ0) is 21.6. The molecule has 1 aliphatic heterocycles. The molecule has 3 aromatic rings. The predicted molar refractivity (Wildman–Crippen MR) is 113 cm³/mol.